The van der Waals surface area contributed by atoms with Crippen LogP contribution in [-0.4, -0.2) is 27.8 Å². The van der Waals surface area contributed by atoms with Crippen molar-refractivity contribution in [3.05, 3.63) is 58.9 Å². The van der Waals surface area contributed by atoms with Gasteiger partial charge in [-0.3, -0.25) is 14.2 Å². The molecule has 0 saturated heterocycles. The summed E-state index contributed by atoms with van der Waals surface area (Å²) in [6, 6.07) is 14.5. The number of methoxy groups -OCH3 is 1. The lowest BCUT2D eigenvalue weighted by Crippen LogP contribution is -2.28. The van der Waals surface area contributed by atoms with Gasteiger partial charge in [0.2, 0.25) is 5.91 Å². The number of para-hydroxylation sites is 1. The number of anilines is 1. The van der Waals surface area contributed by atoms with E-state index in [1.54, 1.807) is 29.9 Å². The van der Waals surface area contributed by atoms with E-state index in [1.165, 1.54) is 11.8 Å². The van der Waals surface area contributed by atoms with Crippen molar-refractivity contribution in [2.45, 2.75) is 43.6 Å². The minimum absolute atomic E-state index is 0.0178. The number of hydrogen-bond donors (Lipinski definition) is 1. The van der Waals surface area contributed by atoms with Crippen molar-refractivity contribution >= 4 is 34.3 Å². The fourth-order valence-corrected chi connectivity index (χ4v) is 3.95. The normalized spacial score (nSPS) is 13.1. The molecule has 0 unspecified atom stereocenters. The van der Waals surface area contributed by atoms with Gasteiger partial charge in [0.1, 0.15) is 5.75 Å². The summed E-state index contributed by atoms with van der Waals surface area (Å²) >= 11 is 1.29. The molecule has 6 nitrogen and oxygen atoms in total. The second kappa shape index (κ2) is 9.13. The molecule has 7 heteroatoms. The van der Waals surface area contributed by atoms with Crippen molar-refractivity contribution in [2.24, 2.45) is 0 Å². The molecule has 1 heterocycles. The van der Waals surface area contributed by atoms with Crippen LogP contribution in [0.2, 0.25) is 0 Å². The van der Waals surface area contributed by atoms with E-state index in [9.17, 15) is 9.59 Å². The zero-order valence-electron chi connectivity index (χ0n) is 17.0. The number of nitrogens with one attached hydrogen (secondary N) is 1. The Kier molecular flexibility index (Phi) is 6.59. The summed E-state index contributed by atoms with van der Waals surface area (Å²) in [6.45, 7) is 5.82. The van der Waals surface area contributed by atoms with Crippen LogP contribution < -0.4 is 15.6 Å². The average Bonchev–Trinajstić information content (AvgIpc) is 2.73. The summed E-state index contributed by atoms with van der Waals surface area (Å²) < 4.78 is 6.89. The zero-order chi connectivity index (χ0) is 21.0. The first-order valence-corrected chi connectivity index (χ1v) is 10.5. The molecule has 0 aliphatic carbocycles. The van der Waals surface area contributed by atoms with Crippen LogP contribution in [-0.2, 0) is 4.79 Å². The Balaban J connectivity index is 1.89. The van der Waals surface area contributed by atoms with Crippen LogP contribution in [0.1, 0.15) is 33.2 Å². The molecule has 0 aliphatic rings. The van der Waals surface area contributed by atoms with Crippen LogP contribution in [0.3, 0.4) is 0 Å². The second-order valence-corrected chi connectivity index (χ2v) is 8.13. The summed E-state index contributed by atoms with van der Waals surface area (Å²) in [4.78, 5) is 30.5. The van der Waals surface area contributed by atoms with Crippen LogP contribution in [0.25, 0.3) is 10.9 Å². The van der Waals surface area contributed by atoms with Gasteiger partial charge in [-0.15, -0.1) is 0 Å². The molecule has 3 rings (SSSR count). The van der Waals surface area contributed by atoms with E-state index in [1.807, 2.05) is 51.1 Å². The molecule has 1 amide bonds. The molecule has 0 bridgehead atoms. The number of rotatable bonds is 7. The predicted octanol–water partition coefficient (Wildman–Crippen LogP) is 4.50. The predicted molar refractivity (Wildman–Crippen MR) is 118 cm³/mol. The van der Waals surface area contributed by atoms with Gasteiger partial charge in [-0.25, -0.2) is 4.98 Å². The van der Waals surface area contributed by atoms with Crippen molar-refractivity contribution in [1.29, 1.82) is 0 Å². The number of amides is 1. The SMILES string of the molecule is CC[C@H](C)n1c(S[C@@H](C)C(=O)Nc2cccc(OC)c2)nc2ccccc2c1=O. The molecule has 0 aliphatic heterocycles. The maximum Gasteiger partial charge on any atom is 0.262 e. The molecule has 0 saturated carbocycles. The Bertz CT molecular complexity index is 1080. The first-order chi connectivity index (χ1) is 13.9. The minimum atomic E-state index is -0.440. The van der Waals surface area contributed by atoms with Crippen molar-refractivity contribution in [2.75, 3.05) is 12.4 Å². The van der Waals surface area contributed by atoms with Crippen molar-refractivity contribution in [1.82, 2.24) is 9.55 Å². The summed E-state index contributed by atoms with van der Waals surface area (Å²) in [5, 5.41) is 3.60. The summed E-state index contributed by atoms with van der Waals surface area (Å²) in [5.41, 5.74) is 1.22. The van der Waals surface area contributed by atoms with Crippen LogP contribution in [0.5, 0.6) is 5.75 Å². The number of thioether (sulfide) groups is 1. The van der Waals surface area contributed by atoms with E-state index < -0.39 is 5.25 Å². The van der Waals surface area contributed by atoms with E-state index in [0.717, 1.165) is 6.42 Å². The van der Waals surface area contributed by atoms with E-state index in [4.69, 9.17) is 4.74 Å². The Morgan fingerprint density at radius 3 is 2.69 bits per heavy atom. The summed E-state index contributed by atoms with van der Waals surface area (Å²) in [5.74, 6) is 0.506. The van der Waals surface area contributed by atoms with Gasteiger partial charge in [0.15, 0.2) is 5.16 Å². The Labute approximate surface area is 174 Å². The van der Waals surface area contributed by atoms with Gasteiger partial charge in [0, 0.05) is 17.8 Å². The fraction of sp³-hybridized carbons (Fsp3) is 0.318. The molecule has 1 N–H and O–H groups in total. The highest BCUT2D eigenvalue weighted by molar-refractivity contribution is 8.00. The molecule has 2 aromatic carbocycles. The van der Waals surface area contributed by atoms with E-state index in [0.29, 0.717) is 27.5 Å². The molecule has 29 heavy (non-hydrogen) atoms. The third kappa shape index (κ3) is 4.62. The molecule has 3 aromatic rings. The topological polar surface area (TPSA) is 73.2 Å². The van der Waals surface area contributed by atoms with Crippen LogP contribution >= 0.6 is 11.8 Å². The van der Waals surface area contributed by atoms with E-state index in [-0.39, 0.29) is 17.5 Å². The summed E-state index contributed by atoms with van der Waals surface area (Å²) in [6.07, 6.45) is 0.790. The van der Waals surface area contributed by atoms with Crippen molar-refractivity contribution in [3.8, 4) is 5.75 Å². The molecule has 0 fully saturated rings. The lowest BCUT2D eigenvalue weighted by atomic mass is 10.2. The number of carbonyl (C=O) groups is 1. The van der Waals surface area contributed by atoms with Crippen LogP contribution in [0.15, 0.2) is 58.5 Å². The fourth-order valence-electron chi connectivity index (χ4n) is 2.94. The summed E-state index contributed by atoms with van der Waals surface area (Å²) in [7, 11) is 1.58. The van der Waals surface area contributed by atoms with Crippen molar-refractivity contribution in [3.63, 3.8) is 0 Å². The smallest absolute Gasteiger partial charge is 0.262 e. The number of fused-ring (bicyclic) bond motifs is 1. The highest BCUT2D eigenvalue weighted by atomic mass is 32.2. The van der Waals surface area contributed by atoms with Gasteiger partial charge in [-0.2, -0.15) is 0 Å². The van der Waals surface area contributed by atoms with E-state index in [2.05, 4.69) is 10.3 Å². The van der Waals surface area contributed by atoms with Gasteiger partial charge in [0.25, 0.3) is 5.56 Å². The Hall–Kier alpha value is -2.80. The minimum Gasteiger partial charge on any atom is -0.497 e. The van der Waals surface area contributed by atoms with Gasteiger partial charge < -0.3 is 10.1 Å². The maximum absolute atomic E-state index is 13.1. The molecule has 1 aromatic heterocycles. The lowest BCUT2D eigenvalue weighted by molar-refractivity contribution is -0.115. The number of hydrogen-bond acceptors (Lipinski definition) is 5. The standard InChI is InChI=1S/C22H25N3O3S/c1-5-14(2)25-21(27)18-11-6-7-12-19(18)24-22(25)29-15(3)20(26)23-16-9-8-10-17(13-16)28-4/h6-15H,5H2,1-4H3,(H,23,26)/t14-,15-/m0/s1. The van der Waals surface area contributed by atoms with Gasteiger partial charge in [-0.1, -0.05) is 36.9 Å². The van der Waals surface area contributed by atoms with Crippen LogP contribution in [0, 0.1) is 0 Å². The van der Waals surface area contributed by atoms with Gasteiger partial charge >= 0.3 is 0 Å². The van der Waals surface area contributed by atoms with Crippen LogP contribution in [0.4, 0.5) is 5.69 Å². The molecular formula is C22H25N3O3S. The van der Waals surface area contributed by atoms with E-state index >= 15 is 0 Å². The van der Waals surface area contributed by atoms with Gasteiger partial charge in [0.05, 0.1) is 23.3 Å². The lowest BCUT2D eigenvalue weighted by Gasteiger charge is -2.20. The molecule has 152 valence electrons. The highest BCUT2D eigenvalue weighted by Gasteiger charge is 2.21. The highest BCUT2D eigenvalue weighted by Crippen LogP contribution is 2.27. The zero-order valence-corrected chi connectivity index (χ0v) is 17.8. The quantitative estimate of drug-likeness (QED) is 0.458. The molecule has 0 radical (unpaired) electrons. The van der Waals surface area contributed by atoms with Crippen molar-refractivity contribution < 1.29 is 9.53 Å². The molecule has 2 atom stereocenters. The average molecular weight is 412 g/mol. The van der Waals surface area contributed by atoms with Gasteiger partial charge in [-0.05, 0) is 44.5 Å². The number of ether oxygens (including phenoxy) is 1. The first-order valence-electron chi connectivity index (χ1n) is 9.57. The third-order valence-corrected chi connectivity index (χ3v) is 5.86. The maximum atomic E-state index is 13.1. The third-order valence-electron chi connectivity index (χ3n) is 4.80. The second-order valence-electron chi connectivity index (χ2n) is 6.83. The Morgan fingerprint density at radius 2 is 1.97 bits per heavy atom. The number of carbonyl (C=O) groups excluding carboxylic acids is 1. The Morgan fingerprint density at radius 1 is 1.21 bits per heavy atom. The molecular weight excluding hydrogens is 386 g/mol. The number of nitrogens with zero attached hydrogens (tertiary/aromatic N) is 2. The first kappa shape index (κ1) is 20.9. The largest absolute Gasteiger partial charge is 0.497 e. The number of benzene rings is 2. The number of aromatic nitrogens is 2. The molecule has 0 spiro atoms. The monoisotopic (exact) mass is 411 g/mol.